The van der Waals surface area contributed by atoms with Crippen LogP contribution in [-0.4, -0.2) is 45.4 Å². The van der Waals surface area contributed by atoms with Crippen LogP contribution in [0.1, 0.15) is 31.5 Å². The summed E-state index contributed by atoms with van der Waals surface area (Å²) in [6.45, 7) is 1.40. The monoisotopic (exact) mass is 307 g/mol. The van der Waals surface area contributed by atoms with E-state index in [1.54, 1.807) is 0 Å². The van der Waals surface area contributed by atoms with Crippen LogP contribution in [0.2, 0.25) is 0 Å². The maximum absolute atomic E-state index is 13.0. The van der Waals surface area contributed by atoms with Gasteiger partial charge in [0.25, 0.3) is 0 Å². The lowest BCUT2D eigenvalue weighted by Gasteiger charge is -2.27. The van der Waals surface area contributed by atoms with E-state index < -0.39 is 30.5 Å². The van der Waals surface area contributed by atoms with Crippen molar-refractivity contribution in [1.82, 2.24) is 15.0 Å². The number of aliphatic carboxylic acids is 1. The summed E-state index contributed by atoms with van der Waals surface area (Å²) in [5, 5.41) is 12.7. The van der Waals surface area contributed by atoms with Gasteiger partial charge in [-0.2, -0.15) is 18.2 Å². The van der Waals surface area contributed by atoms with Gasteiger partial charge in [-0.15, -0.1) is 0 Å². The molecule has 6 nitrogen and oxygen atoms in total. The Morgan fingerprint density at radius 2 is 2.24 bits per heavy atom. The van der Waals surface area contributed by atoms with Crippen molar-refractivity contribution in [1.29, 1.82) is 0 Å². The van der Waals surface area contributed by atoms with Gasteiger partial charge in [0.05, 0.1) is 6.54 Å². The molecule has 2 heterocycles. The van der Waals surface area contributed by atoms with Crippen LogP contribution >= 0.6 is 0 Å². The predicted molar refractivity (Wildman–Crippen MR) is 64.3 cm³/mol. The molecule has 1 atom stereocenters. The predicted octanol–water partition coefficient (Wildman–Crippen LogP) is 1.86. The molecule has 0 spiro atoms. The van der Waals surface area contributed by atoms with Gasteiger partial charge in [-0.1, -0.05) is 12.1 Å². The molecule has 0 aromatic carbocycles. The quantitative estimate of drug-likeness (QED) is 0.894. The molecule has 0 bridgehead atoms. The number of alkyl halides is 3. The SMILES string of the molecule is CCCc1noc(CN2CCC(C(=O)O)(C(F)(F)F)C2)n1. The molecule has 1 unspecified atom stereocenters. The lowest BCUT2D eigenvalue weighted by atomic mass is 9.86. The minimum Gasteiger partial charge on any atom is -0.481 e. The molecule has 1 fully saturated rings. The summed E-state index contributed by atoms with van der Waals surface area (Å²) in [5.74, 6) is -1.12. The van der Waals surface area contributed by atoms with Gasteiger partial charge in [-0.3, -0.25) is 9.69 Å². The molecular formula is C12H16F3N3O3. The van der Waals surface area contributed by atoms with E-state index in [1.165, 1.54) is 4.90 Å². The van der Waals surface area contributed by atoms with Crippen molar-refractivity contribution in [3.8, 4) is 0 Å². The van der Waals surface area contributed by atoms with Crippen LogP contribution in [0, 0.1) is 5.41 Å². The topological polar surface area (TPSA) is 79.5 Å². The summed E-state index contributed by atoms with van der Waals surface area (Å²) >= 11 is 0. The number of carbonyl (C=O) groups is 1. The molecule has 0 amide bonds. The zero-order valence-electron chi connectivity index (χ0n) is 11.5. The first-order valence-corrected chi connectivity index (χ1v) is 6.62. The van der Waals surface area contributed by atoms with Crippen LogP contribution in [0.15, 0.2) is 4.52 Å². The standard InChI is InChI=1S/C12H16F3N3O3/c1-2-3-8-16-9(21-17-8)6-18-5-4-11(7-18,10(19)20)12(13,14)15/h2-7H2,1H3,(H,19,20). The number of halogens is 3. The summed E-state index contributed by atoms with van der Waals surface area (Å²) in [6, 6.07) is 0. The lowest BCUT2D eigenvalue weighted by Crippen LogP contribution is -2.47. The maximum atomic E-state index is 13.0. The Hall–Kier alpha value is -1.64. The Morgan fingerprint density at radius 3 is 2.76 bits per heavy atom. The first kappa shape index (κ1) is 15.7. The highest BCUT2D eigenvalue weighted by atomic mass is 19.4. The van der Waals surface area contributed by atoms with E-state index in [0.717, 1.165) is 6.42 Å². The summed E-state index contributed by atoms with van der Waals surface area (Å²) in [4.78, 5) is 16.5. The number of likely N-dealkylation sites (tertiary alicyclic amines) is 1. The smallest absolute Gasteiger partial charge is 0.406 e. The van der Waals surface area contributed by atoms with Gasteiger partial charge in [0.1, 0.15) is 0 Å². The van der Waals surface area contributed by atoms with Crippen LogP contribution in [0.5, 0.6) is 0 Å². The first-order valence-electron chi connectivity index (χ1n) is 6.62. The second-order valence-electron chi connectivity index (χ2n) is 5.20. The number of rotatable bonds is 5. The van der Waals surface area contributed by atoms with Gasteiger partial charge in [0.15, 0.2) is 11.2 Å². The third kappa shape index (κ3) is 3.02. The average Bonchev–Trinajstić information content (AvgIpc) is 2.97. The lowest BCUT2D eigenvalue weighted by molar-refractivity contribution is -0.227. The molecule has 0 aliphatic carbocycles. The Bertz CT molecular complexity index is 517. The molecule has 118 valence electrons. The minimum absolute atomic E-state index is 0.0251. The third-order valence-corrected chi connectivity index (χ3v) is 3.64. The molecule has 9 heteroatoms. The van der Waals surface area contributed by atoms with Crippen LogP contribution < -0.4 is 0 Å². The molecule has 1 N–H and O–H groups in total. The van der Waals surface area contributed by atoms with Crippen molar-refractivity contribution in [2.75, 3.05) is 13.1 Å². The van der Waals surface area contributed by atoms with Gasteiger partial charge in [-0.05, 0) is 12.8 Å². The molecule has 2 rings (SSSR count). The highest BCUT2D eigenvalue weighted by Crippen LogP contribution is 2.45. The number of hydrogen-bond acceptors (Lipinski definition) is 5. The average molecular weight is 307 g/mol. The zero-order valence-corrected chi connectivity index (χ0v) is 11.5. The van der Waals surface area contributed by atoms with Gasteiger partial charge in [0.2, 0.25) is 5.89 Å². The summed E-state index contributed by atoms with van der Waals surface area (Å²) in [5.41, 5.74) is -2.71. The Morgan fingerprint density at radius 1 is 1.52 bits per heavy atom. The van der Waals surface area contributed by atoms with E-state index in [2.05, 4.69) is 10.1 Å². The maximum Gasteiger partial charge on any atom is 0.406 e. The van der Waals surface area contributed by atoms with E-state index in [4.69, 9.17) is 9.63 Å². The number of hydrogen-bond donors (Lipinski definition) is 1. The highest BCUT2D eigenvalue weighted by Gasteiger charge is 2.63. The molecular weight excluding hydrogens is 291 g/mol. The molecule has 1 aliphatic rings. The molecule has 1 saturated heterocycles. The third-order valence-electron chi connectivity index (χ3n) is 3.64. The van der Waals surface area contributed by atoms with Gasteiger partial charge >= 0.3 is 12.1 Å². The molecule has 0 saturated carbocycles. The fraction of sp³-hybridized carbons (Fsp3) is 0.750. The molecule has 0 radical (unpaired) electrons. The summed E-state index contributed by atoms with van der Waals surface area (Å²) < 4.78 is 44.0. The van der Waals surface area contributed by atoms with Crippen LogP contribution in [0.3, 0.4) is 0 Å². The van der Waals surface area contributed by atoms with E-state index in [0.29, 0.717) is 12.2 Å². The fourth-order valence-corrected chi connectivity index (χ4v) is 2.42. The largest absolute Gasteiger partial charge is 0.481 e. The summed E-state index contributed by atoms with van der Waals surface area (Å²) in [6.07, 6.45) is -3.79. The van der Waals surface area contributed by atoms with Crippen LogP contribution in [0.25, 0.3) is 0 Å². The van der Waals surface area contributed by atoms with Crippen molar-refractivity contribution in [3.63, 3.8) is 0 Å². The van der Waals surface area contributed by atoms with Crippen molar-refractivity contribution in [2.45, 2.75) is 38.9 Å². The van der Waals surface area contributed by atoms with Crippen molar-refractivity contribution in [2.24, 2.45) is 5.41 Å². The van der Waals surface area contributed by atoms with Crippen molar-refractivity contribution < 1.29 is 27.6 Å². The van der Waals surface area contributed by atoms with Crippen molar-refractivity contribution >= 4 is 5.97 Å². The number of nitrogens with zero attached hydrogens (tertiary/aromatic N) is 3. The molecule has 21 heavy (non-hydrogen) atoms. The normalized spacial score (nSPS) is 23.6. The van der Waals surface area contributed by atoms with E-state index in [1.807, 2.05) is 6.92 Å². The summed E-state index contributed by atoms with van der Waals surface area (Å²) in [7, 11) is 0. The second kappa shape index (κ2) is 5.63. The van der Waals surface area contributed by atoms with Crippen LogP contribution in [0.4, 0.5) is 13.2 Å². The zero-order chi connectivity index (χ0) is 15.7. The molecule has 1 aromatic heterocycles. The number of aromatic nitrogens is 2. The van der Waals surface area contributed by atoms with Crippen LogP contribution in [-0.2, 0) is 17.8 Å². The van der Waals surface area contributed by atoms with Crippen molar-refractivity contribution in [3.05, 3.63) is 11.7 Å². The minimum atomic E-state index is -4.78. The number of carboxylic acid groups (broad SMARTS) is 1. The Kier molecular flexibility index (Phi) is 4.22. The van der Waals surface area contributed by atoms with Gasteiger partial charge < -0.3 is 9.63 Å². The molecule has 1 aromatic rings. The van der Waals surface area contributed by atoms with E-state index in [9.17, 15) is 18.0 Å². The van der Waals surface area contributed by atoms with E-state index >= 15 is 0 Å². The fourth-order valence-electron chi connectivity index (χ4n) is 2.42. The molecule has 1 aliphatic heterocycles. The number of aryl methyl sites for hydroxylation is 1. The van der Waals surface area contributed by atoms with Gasteiger partial charge in [0, 0.05) is 19.5 Å². The van der Waals surface area contributed by atoms with Gasteiger partial charge in [-0.25, -0.2) is 0 Å². The highest BCUT2D eigenvalue weighted by molar-refractivity contribution is 5.76. The number of carboxylic acids is 1. The first-order chi connectivity index (χ1) is 9.78. The Balaban J connectivity index is 2.05. The van der Waals surface area contributed by atoms with E-state index in [-0.39, 0.29) is 19.0 Å². The Labute approximate surface area is 118 Å². The second-order valence-corrected chi connectivity index (χ2v) is 5.20.